The molecule has 1 aliphatic carbocycles. The van der Waals surface area contributed by atoms with Gasteiger partial charge in [0.25, 0.3) is 0 Å². The molecule has 1 heterocycles. The van der Waals surface area contributed by atoms with E-state index in [-0.39, 0.29) is 0 Å². The van der Waals surface area contributed by atoms with E-state index < -0.39 is 0 Å². The number of hydrogen-bond acceptors (Lipinski definition) is 2. The zero-order valence-corrected chi connectivity index (χ0v) is 11.2. The van der Waals surface area contributed by atoms with E-state index in [0.717, 1.165) is 18.5 Å². The number of nitrogens with zero attached hydrogens (tertiary/aromatic N) is 1. The zero-order chi connectivity index (χ0) is 11.4. The van der Waals surface area contributed by atoms with Crippen LogP contribution < -0.4 is 5.32 Å². The highest BCUT2D eigenvalue weighted by atomic mass is 35.5. The summed E-state index contributed by atoms with van der Waals surface area (Å²) in [5, 5.41) is 3.69. The monoisotopic (exact) mass is 244 g/mol. The van der Waals surface area contributed by atoms with Gasteiger partial charge in [0.1, 0.15) is 0 Å². The molecule has 16 heavy (non-hydrogen) atoms. The number of nitrogens with one attached hydrogen (secondary N) is 1. The molecule has 0 amide bonds. The van der Waals surface area contributed by atoms with Gasteiger partial charge in [-0.1, -0.05) is 6.42 Å². The quantitative estimate of drug-likeness (QED) is 0.748. The first kappa shape index (κ1) is 12.7. The number of likely N-dealkylation sites (tertiary alicyclic amines) is 1. The molecule has 3 heteroatoms. The molecule has 2 nitrogen and oxygen atoms in total. The van der Waals surface area contributed by atoms with Gasteiger partial charge >= 0.3 is 0 Å². The Morgan fingerprint density at radius 1 is 1.31 bits per heavy atom. The Labute approximate surface area is 105 Å². The van der Waals surface area contributed by atoms with Crippen molar-refractivity contribution in [2.24, 2.45) is 0 Å². The summed E-state index contributed by atoms with van der Waals surface area (Å²) >= 11 is 6.04. The highest BCUT2D eigenvalue weighted by molar-refractivity contribution is 6.18. The first-order chi connectivity index (χ1) is 7.76. The van der Waals surface area contributed by atoms with Gasteiger partial charge in [-0.25, -0.2) is 0 Å². The standard InChI is InChI=1S/C13H25ClN2/c1-16-10-3-2-5-12(16)6-9-15-13(11-14)7-4-8-13/h12,15H,2-11H2,1H3. The van der Waals surface area contributed by atoms with Crippen molar-refractivity contribution in [1.82, 2.24) is 10.2 Å². The van der Waals surface area contributed by atoms with Crippen LogP contribution in [0.3, 0.4) is 0 Å². The molecule has 1 N–H and O–H groups in total. The van der Waals surface area contributed by atoms with E-state index in [0.29, 0.717) is 5.54 Å². The summed E-state index contributed by atoms with van der Waals surface area (Å²) in [5.74, 6) is 0.785. The van der Waals surface area contributed by atoms with Gasteiger partial charge in [-0.2, -0.15) is 0 Å². The van der Waals surface area contributed by atoms with Crippen molar-refractivity contribution >= 4 is 11.6 Å². The molecule has 2 aliphatic rings. The number of halogens is 1. The Hall–Kier alpha value is 0.210. The maximum absolute atomic E-state index is 6.04. The lowest BCUT2D eigenvalue weighted by molar-refractivity contribution is 0.159. The number of rotatable bonds is 5. The van der Waals surface area contributed by atoms with Crippen LogP contribution in [-0.2, 0) is 0 Å². The Bertz CT molecular complexity index is 210. The lowest BCUT2D eigenvalue weighted by atomic mass is 9.78. The molecule has 0 aromatic carbocycles. The van der Waals surface area contributed by atoms with Crippen LogP contribution in [0.5, 0.6) is 0 Å². The van der Waals surface area contributed by atoms with Crippen molar-refractivity contribution in [2.75, 3.05) is 26.0 Å². The molecule has 0 aromatic rings. The van der Waals surface area contributed by atoms with Crippen molar-refractivity contribution < 1.29 is 0 Å². The van der Waals surface area contributed by atoms with Crippen LogP contribution in [0.25, 0.3) is 0 Å². The second-order valence-electron chi connectivity index (χ2n) is 5.61. The van der Waals surface area contributed by atoms with Crippen LogP contribution in [0.15, 0.2) is 0 Å². The van der Waals surface area contributed by atoms with Crippen LogP contribution in [0.4, 0.5) is 0 Å². The molecule has 94 valence electrons. The van der Waals surface area contributed by atoms with E-state index in [1.165, 1.54) is 51.5 Å². The molecule has 0 bridgehead atoms. The van der Waals surface area contributed by atoms with Crippen LogP contribution in [0, 0.1) is 0 Å². The maximum Gasteiger partial charge on any atom is 0.0406 e. The molecule has 1 saturated carbocycles. The largest absolute Gasteiger partial charge is 0.310 e. The van der Waals surface area contributed by atoms with E-state index in [2.05, 4.69) is 17.3 Å². The molecular formula is C13H25ClN2. The smallest absolute Gasteiger partial charge is 0.0406 e. The normalized spacial score (nSPS) is 30.0. The van der Waals surface area contributed by atoms with Gasteiger partial charge in [0.2, 0.25) is 0 Å². The minimum absolute atomic E-state index is 0.300. The summed E-state index contributed by atoms with van der Waals surface area (Å²) in [6.07, 6.45) is 9.36. The van der Waals surface area contributed by atoms with E-state index >= 15 is 0 Å². The van der Waals surface area contributed by atoms with Crippen molar-refractivity contribution in [3.8, 4) is 0 Å². The number of hydrogen-bond donors (Lipinski definition) is 1. The SMILES string of the molecule is CN1CCCCC1CCNC1(CCl)CCC1. The molecule has 0 aromatic heterocycles. The fourth-order valence-electron chi connectivity index (χ4n) is 2.97. The van der Waals surface area contributed by atoms with Gasteiger partial charge in [-0.3, -0.25) is 0 Å². The fourth-order valence-corrected chi connectivity index (χ4v) is 3.34. The third-order valence-electron chi connectivity index (χ3n) is 4.47. The molecule has 2 rings (SSSR count). The van der Waals surface area contributed by atoms with Gasteiger partial charge in [0.15, 0.2) is 0 Å². The average molecular weight is 245 g/mol. The molecule has 1 atom stereocenters. The summed E-state index contributed by atoms with van der Waals surface area (Å²) in [4.78, 5) is 2.53. The Morgan fingerprint density at radius 3 is 2.69 bits per heavy atom. The Kier molecular flexibility index (Phi) is 4.51. The lowest BCUT2D eigenvalue weighted by Gasteiger charge is -2.42. The third-order valence-corrected chi connectivity index (χ3v) is 4.98. The van der Waals surface area contributed by atoms with Gasteiger partial charge in [-0.15, -0.1) is 11.6 Å². The van der Waals surface area contributed by atoms with Crippen LogP contribution in [-0.4, -0.2) is 42.5 Å². The first-order valence-electron chi connectivity index (χ1n) is 6.77. The Morgan fingerprint density at radius 2 is 2.12 bits per heavy atom. The summed E-state index contributed by atoms with van der Waals surface area (Å²) in [6.45, 7) is 2.42. The predicted octanol–water partition coefficient (Wildman–Crippen LogP) is 2.61. The summed E-state index contributed by atoms with van der Waals surface area (Å²) in [5.41, 5.74) is 0.300. The minimum atomic E-state index is 0.300. The van der Waals surface area contributed by atoms with Crippen molar-refractivity contribution in [2.45, 2.75) is 56.5 Å². The van der Waals surface area contributed by atoms with Crippen molar-refractivity contribution in [3.05, 3.63) is 0 Å². The van der Waals surface area contributed by atoms with Crippen molar-refractivity contribution in [3.63, 3.8) is 0 Å². The second-order valence-corrected chi connectivity index (χ2v) is 5.88. The Balaban J connectivity index is 1.66. The molecule has 2 fully saturated rings. The van der Waals surface area contributed by atoms with E-state index in [1.54, 1.807) is 0 Å². The highest BCUT2D eigenvalue weighted by Gasteiger charge is 2.35. The van der Waals surface area contributed by atoms with E-state index in [9.17, 15) is 0 Å². The summed E-state index contributed by atoms with van der Waals surface area (Å²) < 4.78 is 0. The number of piperidine rings is 1. The molecule has 1 aliphatic heterocycles. The van der Waals surface area contributed by atoms with Gasteiger partial charge in [-0.05, 0) is 58.7 Å². The number of alkyl halides is 1. The van der Waals surface area contributed by atoms with Gasteiger partial charge < -0.3 is 10.2 Å². The molecule has 0 radical (unpaired) electrons. The summed E-state index contributed by atoms with van der Waals surface area (Å²) in [6, 6.07) is 0.800. The maximum atomic E-state index is 6.04. The van der Waals surface area contributed by atoms with Crippen molar-refractivity contribution in [1.29, 1.82) is 0 Å². The molecular weight excluding hydrogens is 220 g/mol. The average Bonchev–Trinajstić information content (AvgIpc) is 2.25. The van der Waals surface area contributed by atoms with E-state index in [1.807, 2.05) is 0 Å². The molecule has 1 saturated heterocycles. The predicted molar refractivity (Wildman–Crippen MR) is 70.2 cm³/mol. The minimum Gasteiger partial charge on any atom is -0.310 e. The summed E-state index contributed by atoms with van der Waals surface area (Å²) in [7, 11) is 2.27. The molecule has 0 spiro atoms. The van der Waals surface area contributed by atoms with Crippen LogP contribution in [0.1, 0.15) is 44.9 Å². The van der Waals surface area contributed by atoms with Gasteiger partial charge in [0, 0.05) is 17.5 Å². The first-order valence-corrected chi connectivity index (χ1v) is 7.30. The highest BCUT2D eigenvalue weighted by Crippen LogP contribution is 2.32. The van der Waals surface area contributed by atoms with Crippen LogP contribution >= 0.6 is 11.6 Å². The third kappa shape index (κ3) is 2.91. The zero-order valence-electron chi connectivity index (χ0n) is 10.5. The fraction of sp³-hybridized carbons (Fsp3) is 1.00. The molecule has 1 unspecified atom stereocenters. The van der Waals surface area contributed by atoms with Crippen LogP contribution in [0.2, 0.25) is 0 Å². The van der Waals surface area contributed by atoms with E-state index in [4.69, 9.17) is 11.6 Å². The van der Waals surface area contributed by atoms with Gasteiger partial charge in [0.05, 0.1) is 0 Å². The topological polar surface area (TPSA) is 15.3 Å². The second kappa shape index (κ2) is 5.70. The lowest BCUT2D eigenvalue weighted by Crippen LogP contribution is -2.53.